The van der Waals surface area contributed by atoms with Crippen LogP contribution in [-0.2, 0) is 11.3 Å². The van der Waals surface area contributed by atoms with Crippen molar-refractivity contribution in [2.75, 3.05) is 6.61 Å². The second-order valence-corrected chi connectivity index (χ2v) is 6.17. The van der Waals surface area contributed by atoms with Crippen LogP contribution in [0.5, 0.6) is 0 Å². The zero-order chi connectivity index (χ0) is 19.3. The van der Waals surface area contributed by atoms with Gasteiger partial charge in [0.2, 0.25) is 5.78 Å². The van der Waals surface area contributed by atoms with Gasteiger partial charge in [0, 0.05) is 12.1 Å². The lowest BCUT2D eigenvalue weighted by Crippen LogP contribution is -2.28. The summed E-state index contributed by atoms with van der Waals surface area (Å²) in [4.78, 5) is 35.1. The monoisotopic (exact) mass is 354 g/mol. The van der Waals surface area contributed by atoms with Gasteiger partial charge in [0.25, 0.3) is 0 Å². The van der Waals surface area contributed by atoms with E-state index in [9.17, 15) is 14.4 Å². The molecule has 0 heterocycles. The maximum absolute atomic E-state index is 12.3. The number of carbonyl (C=O) groups excluding carboxylic acids is 3. The summed E-state index contributed by atoms with van der Waals surface area (Å²) in [6.45, 7) is 5.74. The smallest absolute Gasteiger partial charge is 0.338 e. The van der Waals surface area contributed by atoms with Crippen LogP contribution in [0.4, 0.5) is 4.79 Å². The summed E-state index contributed by atoms with van der Waals surface area (Å²) in [6.07, 6.45) is 0. The highest BCUT2D eigenvalue weighted by Crippen LogP contribution is 2.16. The van der Waals surface area contributed by atoms with Crippen molar-refractivity contribution in [2.24, 2.45) is 5.73 Å². The largest absolute Gasteiger partial charge is 0.454 e. The minimum Gasteiger partial charge on any atom is -0.454 e. The molecule has 0 bridgehead atoms. The van der Waals surface area contributed by atoms with Crippen molar-refractivity contribution in [3.63, 3.8) is 0 Å². The number of ketones is 1. The molecule has 0 radical (unpaired) electrons. The molecule has 0 aliphatic carbocycles. The first-order valence-electron chi connectivity index (χ1n) is 8.18. The highest BCUT2D eigenvalue weighted by Gasteiger charge is 2.14. The van der Waals surface area contributed by atoms with Crippen LogP contribution in [0, 0.1) is 20.8 Å². The normalized spacial score (nSPS) is 10.3. The molecule has 2 amide bonds. The zero-order valence-electron chi connectivity index (χ0n) is 15.1. The molecule has 0 saturated heterocycles. The third-order valence-corrected chi connectivity index (χ3v) is 4.13. The zero-order valence-corrected chi connectivity index (χ0v) is 15.1. The summed E-state index contributed by atoms with van der Waals surface area (Å²) >= 11 is 0. The second kappa shape index (κ2) is 8.29. The quantitative estimate of drug-likeness (QED) is 0.615. The Bertz CT molecular complexity index is 842. The van der Waals surface area contributed by atoms with E-state index in [2.05, 4.69) is 5.32 Å². The first-order valence-corrected chi connectivity index (χ1v) is 8.18. The Labute approximate surface area is 152 Å². The molecule has 0 aliphatic heterocycles. The van der Waals surface area contributed by atoms with E-state index in [-0.39, 0.29) is 18.9 Å². The van der Waals surface area contributed by atoms with Gasteiger partial charge in [0.05, 0.1) is 5.56 Å². The van der Waals surface area contributed by atoms with Gasteiger partial charge in [-0.1, -0.05) is 18.2 Å². The van der Waals surface area contributed by atoms with Crippen LogP contribution in [0.3, 0.4) is 0 Å². The van der Waals surface area contributed by atoms with E-state index >= 15 is 0 Å². The minimum atomic E-state index is -0.617. The molecule has 0 spiro atoms. The lowest BCUT2D eigenvalue weighted by molar-refractivity contribution is 0.0474. The van der Waals surface area contributed by atoms with Gasteiger partial charge >= 0.3 is 12.0 Å². The molecule has 0 aromatic heterocycles. The van der Waals surface area contributed by atoms with Gasteiger partial charge < -0.3 is 15.8 Å². The molecule has 0 aliphatic rings. The summed E-state index contributed by atoms with van der Waals surface area (Å²) in [5, 5.41) is 2.46. The van der Waals surface area contributed by atoms with Crippen LogP contribution in [-0.4, -0.2) is 24.4 Å². The number of amides is 2. The number of hydrogen-bond acceptors (Lipinski definition) is 4. The molecule has 2 aromatic rings. The van der Waals surface area contributed by atoms with E-state index in [4.69, 9.17) is 10.5 Å². The summed E-state index contributed by atoms with van der Waals surface area (Å²) < 4.78 is 5.13. The van der Waals surface area contributed by atoms with Crippen LogP contribution >= 0.6 is 0 Å². The second-order valence-electron chi connectivity index (χ2n) is 6.17. The van der Waals surface area contributed by atoms with Crippen LogP contribution in [0.25, 0.3) is 0 Å². The molecule has 2 rings (SSSR count). The third kappa shape index (κ3) is 4.92. The molecule has 6 heteroatoms. The molecule has 2 aromatic carbocycles. The number of nitrogens with two attached hydrogens (primary N) is 1. The minimum absolute atomic E-state index is 0.235. The fourth-order valence-electron chi connectivity index (χ4n) is 2.50. The van der Waals surface area contributed by atoms with Gasteiger partial charge in [-0.3, -0.25) is 4.79 Å². The highest BCUT2D eigenvalue weighted by molar-refractivity contribution is 6.00. The number of aryl methyl sites for hydroxylation is 3. The number of primary amides is 1. The molecular formula is C20H22N2O4. The van der Waals surface area contributed by atoms with Crippen LogP contribution in [0.15, 0.2) is 36.4 Å². The fraction of sp³-hybridized carbons (Fsp3) is 0.250. The van der Waals surface area contributed by atoms with Gasteiger partial charge in [-0.2, -0.15) is 0 Å². The lowest BCUT2D eigenvalue weighted by atomic mass is 9.98. The average molecular weight is 354 g/mol. The Kier molecular flexibility index (Phi) is 6.11. The van der Waals surface area contributed by atoms with Gasteiger partial charge in [-0.25, -0.2) is 9.59 Å². The SMILES string of the molecule is Cc1cc(C)c(C(=O)COC(=O)c2ccc(CNC(N)=O)cc2)cc1C. The number of urea groups is 1. The van der Waals surface area contributed by atoms with Gasteiger partial charge in [-0.05, 0) is 61.2 Å². The lowest BCUT2D eigenvalue weighted by Gasteiger charge is -2.10. The summed E-state index contributed by atoms with van der Waals surface area (Å²) in [6, 6.07) is 9.67. The Balaban J connectivity index is 1.97. The predicted octanol–water partition coefficient (Wildman–Crippen LogP) is 2.82. The molecule has 0 atom stereocenters. The molecule has 0 saturated carbocycles. The number of rotatable bonds is 6. The van der Waals surface area contributed by atoms with E-state index in [0.29, 0.717) is 11.1 Å². The number of carbonyl (C=O) groups is 3. The topological polar surface area (TPSA) is 98.5 Å². The molecule has 6 nitrogen and oxygen atoms in total. The predicted molar refractivity (Wildman–Crippen MR) is 98.1 cm³/mol. The van der Waals surface area contributed by atoms with E-state index in [1.807, 2.05) is 32.9 Å². The summed E-state index contributed by atoms with van der Waals surface area (Å²) in [5.74, 6) is -0.810. The van der Waals surface area contributed by atoms with Crippen molar-refractivity contribution < 1.29 is 19.1 Å². The third-order valence-electron chi connectivity index (χ3n) is 4.13. The molecule has 3 N–H and O–H groups in total. The van der Waals surface area contributed by atoms with E-state index < -0.39 is 12.0 Å². The number of hydrogen-bond donors (Lipinski definition) is 2. The fourth-order valence-corrected chi connectivity index (χ4v) is 2.50. The Morgan fingerprint density at radius 3 is 2.19 bits per heavy atom. The number of ether oxygens (including phenoxy) is 1. The van der Waals surface area contributed by atoms with Crippen LogP contribution < -0.4 is 11.1 Å². The number of nitrogens with one attached hydrogen (secondary N) is 1. The van der Waals surface area contributed by atoms with Crippen molar-refractivity contribution in [2.45, 2.75) is 27.3 Å². The first-order chi connectivity index (χ1) is 12.3. The number of esters is 1. The maximum atomic E-state index is 12.3. The molecule has 26 heavy (non-hydrogen) atoms. The molecule has 136 valence electrons. The van der Waals surface area contributed by atoms with Crippen molar-refractivity contribution in [3.8, 4) is 0 Å². The van der Waals surface area contributed by atoms with Crippen molar-refractivity contribution >= 4 is 17.8 Å². The van der Waals surface area contributed by atoms with E-state index in [0.717, 1.165) is 22.3 Å². The van der Waals surface area contributed by atoms with Crippen molar-refractivity contribution in [1.82, 2.24) is 5.32 Å². The molecular weight excluding hydrogens is 332 g/mol. The Hall–Kier alpha value is -3.15. The molecule has 0 fully saturated rings. The Morgan fingerprint density at radius 2 is 1.58 bits per heavy atom. The van der Waals surface area contributed by atoms with Gasteiger partial charge in [-0.15, -0.1) is 0 Å². The number of benzene rings is 2. The maximum Gasteiger partial charge on any atom is 0.338 e. The van der Waals surface area contributed by atoms with E-state index in [1.165, 1.54) is 0 Å². The van der Waals surface area contributed by atoms with Gasteiger partial charge in [0.1, 0.15) is 0 Å². The highest BCUT2D eigenvalue weighted by atomic mass is 16.5. The summed E-state index contributed by atoms with van der Waals surface area (Å²) in [7, 11) is 0. The van der Waals surface area contributed by atoms with Crippen LogP contribution in [0.2, 0.25) is 0 Å². The summed E-state index contributed by atoms with van der Waals surface area (Å²) in [5.41, 5.74) is 9.69. The Morgan fingerprint density at radius 1 is 0.962 bits per heavy atom. The number of Topliss-reactive ketones (excluding diaryl/α,β-unsaturated/α-hetero) is 1. The molecule has 0 unspecified atom stereocenters. The van der Waals surface area contributed by atoms with Crippen molar-refractivity contribution in [1.29, 1.82) is 0 Å². The first kappa shape index (κ1) is 19.2. The standard InChI is InChI=1S/C20H22N2O4/c1-12-8-14(3)17(9-13(12)2)18(23)11-26-19(24)16-6-4-15(5-7-16)10-22-20(21)25/h4-9H,10-11H2,1-3H3,(H3,21,22,25). The van der Waals surface area contributed by atoms with E-state index in [1.54, 1.807) is 24.3 Å². The average Bonchev–Trinajstić information content (AvgIpc) is 2.61. The van der Waals surface area contributed by atoms with Gasteiger partial charge in [0.15, 0.2) is 6.61 Å². The van der Waals surface area contributed by atoms with Crippen LogP contribution in [0.1, 0.15) is 43.0 Å². The van der Waals surface area contributed by atoms with Crippen molar-refractivity contribution in [3.05, 3.63) is 69.8 Å².